The van der Waals surface area contributed by atoms with Crippen LogP contribution < -0.4 is 16.0 Å². The Labute approximate surface area is 146 Å². The molecule has 0 bridgehead atoms. The number of benzene rings is 2. The zero-order chi connectivity index (χ0) is 18.8. The van der Waals surface area contributed by atoms with Crippen LogP contribution in [0.3, 0.4) is 0 Å². The van der Waals surface area contributed by atoms with Gasteiger partial charge in [0.1, 0.15) is 5.82 Å². The summed E-state index contributed by atoms with van der Waals surface area (Å²) in [5.74, 6) is -3.44. The molecule has 0 fully saturated rings. The maximum absolute atomic E-state index is 14.2. The maximum Gasteiger partial charge on any atom is 0.319 e. The van der Waals surface area contributed by atoms with Gasteiger partial charge >= 0.3 is 6.03 Å². The smallest absolute Gasteiger partial charge is 0.319 e. The second kappa shape index (κ2) is 6.91. The van der Waals surface area contributed by atoms with E-state index in [0.717, 1.165) is 12.1 Å². The standard InChI is InChI=1S/C18H14F3N3O2/c1-9-15(17(25)23-10-6-7-13(20)14(21)8-10)16(24-18(26)22-9)11-4-2-3-5-12(11)19/h2-8,16H,1H3,(H,23,25)(H2,22,24,26)/t16-/m1/s1. The van der Waals surface area contributed by atoms with Crippen LogP contribution >= 0.6 is 0 Å². The first-order valence-corrected chi connectivity index (χ1v) is 7.66. The largest absolute Gasteiger partial charge is 0.327 e. The first-order valence-electron chi connectivity index (χ1n) is 7.66. The molecule has 0 unspecified atom stereocenters. The van der Waals surface area contributed by atoms with Gasteiger partial charge < -0.3 is 16.0 Å². The summed E-state index contributed by atoms with van der Waals surface area (Å²) in [7, 11) is 0. The summed E-state index contributed by atoms with van der Waals surface area (Å²) < 4.78 is 40.5. The van der Waals surface area contributed by atoms with Crippen molar-refractivity contribution >= 4 is 17.6 Å². The number of anilines is 1. The molecule has 1 heterocycles. The molecule has 3 rings (SSSR count). The average molecular weight is 361 g/mol. The Morgan fingerprint density at radius 3 is 2.46 bits per heavy atom. The molecule has 5 nitrogen and oxygen atoms in total. The lowest BCUT2D eigenvalue weighted by Gasteiger charge is -2.28. The predicted octanol–water partition coefficient (Wildman–Crippen LogP) is 3.37. The van der Waals surface area contributed by atoms with E-state index in [1.54, 1.807) is 6.07 Å². The summed E-state index contributed by atoms with van der Waals surface area (Å²) >= 11 is 0. The molecule has 0 spiro atoms. The van der Waals surface area contributed by atoms with E-state index >= 15 is 0 Å². The number of halogens is 3. The first kappa shape index (κ1) is 17.5. The number of nitrogens with one attached hydrogen (secondary N) is 3. The lowest BCUT2D eigenvalue weighted by atomic mass is 9.94. The van der Waals surface area contributed by atoms with E-state index < -0.39 is 35.4 Å². The van der Waals surface area contributed by atoms with Crippen LogP contribution in [-0.4, -0.2) is 11.9 Å². The third-order valence-electron chi connectivity index (χ3n) is 3.91. The Kier molecular flexibility index (Phi) is 4.66. The summed E-state index contributed by atoms with van der Waals surface area (Å²) in [6.07, 6.45) is 0. The van der Waals surface area contributed by atoms with Gasteiger partial charge in [0, 0.05) is 23.0 Å². The zero-order valence-electron chi connectivity index (χ0n) is 13.6. The molecule has 1 atom stereocenters. The van der Waals surface area contributed by atoms with Gasteiger partial charge in [-0.05, 0) is 25.1 Å². The minimum Gasteiger partial charge on any atom is -0.327 e. The van der Waals surface area contributed by atoms with Crippen molar-refractivity contribution in [1.29, 1.82) is 0 Å². The normalized spacial score (nSPS) is 16.8. The molecule has 1 aliphatic heterocycles. The van der Waals surface area contributed by atoms with Gasteiger partial charge in [-0.15, -0.1) is 0 Å². The number of carbonyl (C=O) groups is 2. The average Bonchev–Trinajstić information content (AvgIpc) is 2.57. The fourth-order valence-electron chi connectivity index (χ4n) is 2.71. The SMILES string of the molecule is CC1=C(C(=O)Nc2ccc(F)c(F)c2)[C@@H](c2ccccc2F)NC(=O)N1. The zero-order valence-corrected chi connectivity index (χ0v) is 13.6. The van der Waals surface area contributed by atoms with E-state index in [9.17, 15) is 22.8 Å². The highest BCUT2D eigenvalue weighted by molar-refractivity contribution is 6.06. The number of rotatable bonds is 3. The highest BCUT2D eigenvalue weighted by Gasteiger charge is 2.32. The van der Waals surface area contributed by atoms with Crippen molar-refractivity contribution in [3.8, 4) is 0 Å². The van der Waals surface area contributed by atoms with Crippen molar-refractivity contribution in [2.75, 3.05) is 5.32 Å². The van der Waals surface area contributed by atoms with Crippen molar-refractivity contribution in [1.82, 2.24) is 10.6 Å². The van der Waals surface area contributed by atoms with E-state index in [4.69, 9.17) is 0 Å². The van der Waals surface area contributed by atoms with Crippen molar-refractivity contribution in [2.24, 2.45) is 0 Å². The Balaban J connectivity index is 1.97. The molecule has 1 aliphatic rings. The quantitative estimate of drug-likeness (QED) is 0.785. The second-order valence-corrected chi connectivity index (χ2v) is 5.67. The summed E-state index contributed by atoms with van der Waals surface area (Å²) in [4.78, 5) is 24.5. The van der Waals surface area contributed by atoms with Crippen molar-refractivity contribution < 1.29 is 22.8 Å². The van der Waals surface area contributed by atoms with E-state index in [0.29, 0.717) is 0 Å². The monoisotopic (exact) mass is 361 g/mol. The van der Waals surface area contributed by atoms with Crippen LogP contribution in [0.15, 0.2) is 53.7 Å². The molecule has 8 heteroatoms. The van der Waals surface area contributed by atoms with Crippen molar-refractivity contribution in [3.63, 3.8) is 0 Å². The van der Waals surface area contributed by atoms with Crippen molar-refractivity contribution in [2.45, 2.75) is 13.0 Å². The molecule has 0 aromatic heterocycles. The van der Waals surface area contributed by atoms with Gasteiger partial charge in [-0.25, -0.2) is 18.0 Å². The second-order valence-electron chi connectivity index (χ2n) is 5.67. The van der Waals surface area contributed by atoms with Gasteiger partial charge in [0.25, 0.3) is 5.91 Å². The predicted molar refractivity (Wildman–Crippen MR) is 88.5 cm³/mol. The van der Waals surface area contributed by atoms with Crippen LogP contribution in [0.1, 0.15) is 18.5 Å². The number of carbonyl (C=O) groups excluding carboxylic acids is 2. The number of urea groups is 1. The van der Waals surface area contributed by atoms with Crippen LogP contribution in [0.25, 0.3) is 0 Å². The number of hydrogen-bond acceptors (Lipinski definition) is 2. The van der Waals surface area contributed by atoms with Gasteiger partial charge in [0.15, 0.2) is 11.6 Å². The molecule has 3 N–H and O–H groups in total. The number of amides is 3. The molecule has 0 saturated heterocycles. The van der Waals surface area contributed by atoms with Crippen LogP contribution in [-0.2, 0) is 4.79 Å². The molecule has 134 valence electrons. The molecule has 0 saturated carbocycles. The van der Waals surface area contributed by atoms with Gasteiger partial charge in [-0.1, -0.05) is 18.2 Å². The Morgan fingerprint density at radius 1 is 1.04 bits per heavy atom. The first-order chi connectivity index (χ1) is 12.4. The molecule has 0 aliphatic carbocycles. The Bertz CT molecular complexity index is 928. The van der Waals surface area contributed by atoms with Crippen LogP contribution in [0.2, 0.25) is 0 Å². The summed E-state index contributed by atoms with van der Waals surface area (Å²) in [5.41, 5.74) is 0.414. The summed E-state index contributed by atoms with van der Waals surface area (Å²) in [6, 6.07) is 7.01. The van der Waals surface area contributed by atoms with E-state index in [-0.39, 0.29) is 22.5 Å². The molecule has 3 amide bonds. The van der Waals surface area contributed by atoms with Gasteiger partial charge in [0.05, 0.1) is 11.6 Å². The highest BCUT2D eigenvalue weighted by Crippen LogP contribution is 2.29. The van der Waals surface area contributed by atoms with Gasteiger partial charge in [-0.2, -0.15) is 0 Å². The lowest BCUT2D eigenvalue weighted by molar-refractivity contribution is -0.113. The third kappa shape index (κ3) is 3.39. The summed E-state index contributed by atoms with van der Waals surface area (Å²) in [5, 5.41) is 7.37. The highest BCUT2D eigenvalue weighted by atomic mass is 19.2. The summed E-state index contributed by atoms with van der Waals surface area (Å²) in [6.45, 7) is 1.49. The minimum absolute atomic E-state index is 0.0263. The molecule has 0 radical (unpaired) electrons. The fraction of sp³-hybridized carbons (Fsp3) is 0.111. The van der Waals surface area contributed by atoms with Crippen molar-refractivity contribution in [3.05, 3.63) is 76.7 Å². The third-order valence-corrected chi connectivity index (χ3v) is 3.91. The lowest BCUT2D eigenvalue weighted by Crippen LogP contribution is -2.46. The van der Waals surface area contributed by atoms with E-state index in [2.05, 4.69) is 16.0 Å². The number of allylic oxidation sites excluding steroid dienone is 1. The molecule has 2 aromatic carbocycles. The molecular formula is C18H14F3N3O2. The topological polar surface area (TPSA) is 70.2 Å². The molecule has 26 heavy (non-hydrogen) atoms. The fourth-order valence-corrected chi connectivity index (χ4v) is 2.71. The van der Waals surface area contributed by atoms with Gasteiger partial charge in [0.2, 0.25) is 0 Å². The van der Waals surface area contributed by atoms with Crippen LogP contribution in [0.4, 0.5) is 23.7 Å². The van der Waals surface area contributed by atoms with E-state index in [1.807, 2.05) is 0 Å². The Morgan fingerprint density at radius 2 is 1.77 bits per heavy atom. The maximum atomic E-state index is 14.2. The molecule has 2 aromatic rings. The number of hydrogen-bond donors (Lipinski definition) is 3. The van der Waals surface area contributed by atoms with Crippen LogP contribution in [0.5, 0.6) is 0 Å². The Hall–Kier alpha value is -3.29. The molecular weight excluding hydrogens is 347 g/mol. The van der Waals surface area contributed by atoms with Gasteiger partial charge in [-0.3, -0.25) is 4.79 Å². The minimum atomic E-state index is -1.12. The van der Waals surface area contributed by atoms with Crippen LogP contribution in [0, 0.1) is 17.5 Å². The van der Waals surface area contributed by atoms with E-state index in [1.165, 1.54) is 31.2 Å².